The first kappa shape index (κ1) is 20.9. The number of fused-ring (bicyclic) bond motifs is 1. The molecule has 0 radical (unpaired) electrons. The number of anilines is 2. The Bertz CT molecular complexity index is 1070. The maximum absolute atomic E-state index is 12.9. The molecule has 0 atom stereocenters. The minimum Gasteiger partial charge on any atom is -0.455 e. The largest absolute Gasteiger partial charge is 0.455 e. The Morgan fingerprint density at radius 3 is 2.55 bits per heavy atom. The summed E-state index contributed by atoms with van der Waals surface area (Å²) in [5, 5.41) is 7.60. The zero-order valence-corrected chi connectivity index (χ0v) is 18.2. The molecule has 31 heavy (non-hydrogen) atoms. The summed E-state index contributed by atoms with van der Waals surface area (Å²) in [5.41, 5.74) is 8.88. The number of aryl methyl sites for hydroxylation is 2. The first-order valence-electron chi connectivity index (χ1n) is 11.1. The van der Waals surface area contributed by atoms with Crippen molar-refractivity contribution in [3.63, 3.8) is 0 Å². The van der Waals surface area contributed by atoms with E-state index in [9.17, 15) is 4.79 Å². The van der Waals surface area contributed by atoms with Crippen LogP contribution in [0.2, 0.25) is 0 Å². The molecule has 0 bridgehead atoms. The Morgan fingerprint density at radius 2 is 1.81 bits per heavy atom. The molecule has 1 aliphatic rings. The van der Waals surface area contributed by atoms with Crippen LogP contribution in [0.4, 0.5) is 11.4 Å². The van der Waals surface area contributed by atoms with E-state index in [1.807, 2.05) is 49.4 Å². The lowest BCUT2D eigenvalue weighted by atomic mass is 9.93. The molecule has 3 aromatic rings. The molecule has 0 saturated carbocycles. The molecule has 1 aromatic heterocycles. The van der Waals surface area contributed by atoms with Crippen molar-refractivity contribution >= 4 is 23.0 Å². The third-order valence-electron chi connectivity index (χ3n) is 5.66. The van der Waals surface area contributed by atoms with Gasteiger partial charge in [-0.2, -0.15) is 5.10 Å². The summed E-state index contributed by atoms with van der Waals surface area (Å²) in [6.45, 7) is 4.13. The summed E-state index contributed by atoms with van der Waals surface area (Å²) in [7, 11) is 0. The number of furan rings is 1. The van der Waals surface area contributed by atoms with E-state index in [4.69, 9.17) is 4.42 Å². The maximum atomic E-state index is 12.9. The quantitative estimate of drug-likeness (QED) is 0.443. The van der Waals surface area contributed by atoms with Gasteiger partial charge in [-0.1, -0.05) is 43.7 Å². The lowest BCUT2D eigenvalue weighted by Gasteiger charge is -2.13. The summed E-state index contributed by atoms with van der Waals surface area (Å²) in [6, 6.07) is 17.9. The monoisotopic (exact) mass is 415 g/mol. The molecule has 160 valence electrons. The van der Waals surface area contributed by atoms with Crippen molar-refractivity contribution in [3.8, 4) is 0 Å². The van der Waals surface area contributed by atoms with Gasteiger partial charge in [-0.05, 0) is 62.4 Å². The molecule has 0 spiro atoms. The van der Waals surface area contributed by atoms with Gasteiger partial charge in [-0.25, -0.2) is 0 Å². The molecule has 0 saturated heterocycles. The van der Waals surface area contributed by atoms with Crippen LogP contribution >= 0.6 is 0 Å². The number of carbonyl (C=O) groups excluding carboxylic acids is 1. The topological polar surface area (TPSA) is 66.6 Å². The average Bonchev–Trinajstić information content (AvgIpc) is 3.15. The predicted molar refractivity (Wildman–Crippen MR) is 126 cm³/mol. The number of benzene rings is 2. The van der Waals surface area contributed by atoms with Gasteiger partial charge in [0.25, 0.3) is 5.91 Å². The SMILES string of the molecule is CCCCc1ccc(NC(=O)c2oc3c(c2C)/C(=N/Nc2ccccc2)CCC3)cc1. The molecule has 4 rings (SSSR count). The summed E-state index contributed by atoms with van der Waals surface area (Å²) < 4.78 is 6.01. The van der Waals surface area contributed by atoms with Gasteiger partial charge in [0.1, 0.15) is 5.76 Å². The summed E-state index contributed by atoms with van der Waals surface area (Å²) in [4.78, 5) is 12.9. The molecule has 0 unspecified atom stereocenters. The van der Waals surface area contributed by atoms with Gasteiger partial charge < -0.3 is 9.73 Å². The number of hydrogen-bond donors (Lipinski definition) is 2. The number of hydrogen-bond acceptors (Lipinski definition) is 4. The highest BCUT2D eigenvalue weighted by Crippen LogP contribution is 2.30. The highest BCUT2D eigenvalue weighted by Gasteiger charge is 2.28. The Kier molecular flexibility index (Phi) is 6.51. The van der Waals surface area contributed by atoms with Gasteiger partial charge in [0.15, 0.2) is 5.76 Å². The van der Waals surface area contributed by atoms with E-state index in [2.05, 4.69) is 34.9 Å². The predicted octanol–water partition coefficient (Wildman–Crippen LogP) is 6.34. The summed E-state index contributed by atoms with van der Waals surface area (Å²) in [5.74, 6) is 0.996. The van der Waals surface area contributed by atoms with Crippen molar-refractivity contribution in [2.75, 3.05) is 10.7 Å². The van der Waals surface area contributed by atoms with Crippen LogP contribution in [0.1, 0.15) is 65.6 Å². The Hall–Kier alpha value is -3.34. The Labute approximate surface area is 183 Å². The van der Waals surface area contributed by atoms with Gasteiger partial charge in [0, 0.05) is 23.2 Å². The number of rotatable bonds is 7. The first-order valence-corrected chi connectivity index (χ1v) is 11.1. The number of amides is 1. The highest BCUT2D eigenvalue weighted by atomic mass is 16.4. The maximum Gasteiger partial charge on any atom is 0.291 e. The van der Waals surface area contributed by atoms with E-state index in [1.165, 1.54) is 18.4 Å². The molecule has 0 aliphatic heterocycles. The van der Waals surface area contributed by atoms with E-state index < -0.39 is 0 Å². The Balaban J connectivity index is 1.51. The van der Waals surface area contributed by atoms with Crippen molar-refractivity contribution < 1.29 is 9.21 Å². The molecular weight excluding hydrogens is 386 g/mol. The van der Waals surface area contributed by atoms with E-state index >= 15 is 0 Å². The molecule has 5 heteroatoms. The number of carbonyl (C=O) groups is 1. The molecule has 5 nitrogen and oxygen atoms in total. The normalized spacial score (nSPS) is 14.3. The molecule has 1 heterocycles. The average molecular weight is 416 g/mol. The van der Waals surface area contributed by atoms with Gasteiger partial charge in [-0.3, -0.25) is 10.2 Å². The smallest absolute Gasteiger partial charge is 0.291 e. The van der Waals surface area contributed by atoms with Crippen LogP contribution < -0.4 is 10.7 Å². The number of para-hydroxylation sites is 1. The minimum absolute atomic E-state index is 0.219. The molecular formula is C26H29N3O2. The third-order valence-corrected chi connectivity index (χ3v) is 5.66. The molecule has 1 aliphatic carbocycles. The third kappa shape index (κ3) is 4.88. The van der Waals surface area contributed by atoms with E-state index in [1.54, 1.807) is 0 Å². The second-order valence-electron chi connectivity index (χ2n) is 8.00. The van der Waals surface area contributed by atoms with Gasteiger partial charge in [0.05, 0.1) is 11.4 Å². The zero-order valence-electron chi connectivity index (χ0n) is 18.2. The van der Waals surface area contributed by atoms with E-state index in [-0.39, 0.29) is 5.91 Å². The van der Waals surface area contributed by atoms with Crippen molar-refractivity contribution in [3.05, 3.63) is 82.8 Å². The van der Waals surface area contributed by atoms with Gasteiger partial charge in [0.2, 0.25) is 0 Å². The molecule has 0 fully saturated rings. The lowest BCUT2D eigenvalue weighted by Crippen LogP contribution is -2.14. The number of unbranched alkanes of at least 4 members (excludes halogenated alkanes) is 1. The van der Waals surface area contributed by atoms with Crippen LogP contribution in [0.3, 0.4) is 0 Å². The zero-order chi connectivity index (χ0) is 21.6. The van der Waals surface area contributed by atoms with E-state index in [0.29, 0.717) is 5.76 Å². The van der Waals surface area contributed by atoms with Gasteiger partial charge >= 0.3 is 0 Å². The second-order valence-corrected chi connectivity index (χ2v) is 8.00. The standard InChI is InChI=1S/C26H29N3O2/c1-3-4-9-19-14-16-20(17-15-19)27-26(30)25-18(2)24-22(12-8-13-23(24)31-25)29-28-21-10-6-5-7-11-21/h5-7,10-11,14-17,28H,3-4,8-9,12-13H2,1-2H3,(H,27,30)/b29-22+. The Morgan fingerprint density at radius 1 is 1.03 bits per heavy atom. The fourth-order valence-electron chi connectivity index (χ4n) is 3.96. The van der Waals surface area contributed by atoms with Crippen LogP contribution in [0.15, 0.2) is 64.1 Å². The fourth-order valence-corrected chi connectivity index (χ4v) is 3.96. The molecule has 2 aromatic carbocycles. The van der Waals surface area contributed by atoms with Crippen LogP contribution in [0.5, 0.6) is 0 Å². The fraction of sp³-hybridized carbons (Fsp3) is 0.308. The second kappa shape index (κ2) is 9.65. The van der Waals surface area contributed by atoms with Crippen LogP contribution in [0.25, 0.3) is 0 Å². The van der Waals surface area contributed by atoms with Crippen LogP contribution in [-0.2, 0) is 12.8 Å². The van der Waals surface area contributed by atoms with Gasteiger partial charge in [-0.15, -0.1) is 0 Å². The van der Waals surface area contributed by atoms with Crippen molar-refractivity contribution in [1.29, 1.82) is 0 Å². The number of nitrogens with zero attached hydrogens (tertiary/aromatic N) is 1. The number of hydrazone groups is 1. The van der Waals surface area contributed by atoms with Crippen LogP contribution in [-0.4, -0.2) is 11.6 Å². The van der Waals surface area contributed by atoms with Crippen molar-refractivity contribution in [2.24, 2.45) is 5.10 Å². The van der Waals surface area contributed by atoms with E-state index in [0.717, 1.165) is 59.7 Å². The molecule has 2 N–H and O–H groups in total. The summed E-state index contributed by atoms with van der Waals surface area (Å²) >= 11 is 0. The van der Waals surface area contributed by atoms with Crippen molar-refractivity contribution in [1.82, 2.24) is 0 Å². The highest BCUT2D eigenvalue weighted by molar-refractivity contribution is 6.09. The lowest BCUT2D eigenvalue weighted by molar-refractivity contribution is 0.0994. The first-order chi connectivity index (χ1) is 15.2. The van der Waals surface area contributed by atoms with Crippen molar-refractivity contribution in [2.45, 2.75) is 52.4 Å². The number of nitrogens with one attached hydrogen (secondary N) is 2. The van der Waals surface area contributed by atoms with Crippen LogP contribution in [0, 0.1) is 6.92 Å². The summed E-state index contributed by atoms with van der Waals surface area (Å²) in [6.07, 6.45) is 6.04. The minimum atomic E-state index is -0.219. The molecule has 1 amide bonds.